The Balaban J connectivity index is 1.47. The highest BCUT2D eigenvalue weighted by Crippen LogP contribution is 2.35. The number of imidazole rings is 1. The van der Waals surface area contributed by atoms with Crippen LogP contribution < -0.4 is 5.32 Å². The monoisotopic (exact) mass is 528 g/mol. The second-order valence-corrected chi connectivity index (χ2v) is 11.1. The molecule has 0 saturated carbocycles. The molecule has 0 radical (unpaired) electrons. The van der Waals surface area contributed by atoms with Gasteiger partial charge in [-0.3, -0.25) is 0 Å². The van der Waals surface area contributed by atoms with Gasteiger partial charge in [0.25, 0.3) is 0 Å². The normalized spacial score (nSPS) is 14.3. The van der Waals surface area contributed by atoms with Crippen LogP contribution in [0.25, 0.3) is 33.1 Å². The van der Waals surface area contributed by atoms with Gasteiger partial charge in [0, 0.05) is 18.0 Å². The van der Waals surface area contributed by atoms with E-state index in [-0.39, 0.29) is 0 Å². The molecule has 0 spiro atoms. The number of thiophene rings is 1. The molecule has 0 bridgehead atoms. The Morgan fingerprint density at radius 2 is 1.77 bits per heavy atom. The predicted molar refractivity (Wildman–Crippen MR) is 148 cm³/mol. The SMILES string of the molecule is CCn1c(-c2nc3cc(Cl)c(Cl)cc3nc2NCCCCN2CCCC2)cnc1-c1ccc(C)s1. The van der Waals surface area contributed by atoms with Gasteiger partial charge >= 0.3 is 0 Å². The summed E-state index contributed by atoms with van der Waals surface area (Å²) in [5.74, 6) is 1.70. The maximum atomic E-state index is 6.31. The van der Waals surface area contributed by atoms with Gasteiger partial charge in [-0.2, -0.15) is 0 Å². The maximum Gasteiger partial charge on any atom is 0.154 e. The van der Waals surface area contributed by atoms with Crippen LogP contribution >= 0.6 is 34.5 Å². The highest BCUT2D eigenvalue weighted by atomic mass is 35.5. The highest BCUT2D eigenvalue weighted by Gasteiger charge is 2.20. The van der Waals surface area contributed by atoms with Crippen molar-refractivity contribution in [2.75, 3.05) is 31.5 Å². The van der Waals surface area contributed by atoms with Gasteiger partial charge in [0.1, 0.15) is 5.69 Å². The Kier molecular flexibility index (Phi) is 7.58. The molecule has 6 nitrogen and oxygen atoms in total. The lowest BCUT2D eigenvalue weighted by molar-refractivity contribution is 0.331. The Labute approximate surface area is 220 Å². The summed E-state index contributed by atoms with van der Waals surface area (Å²) in [5.41, 5.74) is 3.16. The van der Waals surface area contributed by atoms with Gasteiger partial charge in [0.15, 0.2) is 11.6 Å². The minimum absolute atomic E-state index is 0.473. The summed E-state index contributed by atoms with van der Waals surface area (Å²) < 4.78 is 2.21. The van der Waals surface area contributed by atoms with Crippen LogP contribution in [-0.4, -0.2) is 50.6 Å². The molecule has 3 aromatic heterocycles. The quantitative estimate of drug-likeness (QED) is 0.234. The predicted octanol–water partition coefficient (Wildman–Crippen LogP) is 7.14. The number of anilines is 1. The molecule has 1 aliphatic rings. The van der Waals surface area contributed by atoms with Gasteiger partial charge in [-0.1, -0.05) is 23.2 Å². The summed E-state index contributed by atoms with van der Waals surface area (Å²) in [5, 5.41) is 4.51. The molecule has 1 N–H and O–H groups in total. The number of unbranched alkanes of at least 4 members (excludes halogenated alkanes) is 1. The Bertz CT molecular complexity index is 1330. The number of fused-ring (bicyclic) bond motifs is 1. The number of nitrogens with zero attached hydrogens (tertiary/aromatic N) is 5. The van der Waals surface area contributed by atoms with E-state index < -0.39 is 0 Å². The van der Waals surface area contributed by atoms with Gasteiger partial charge in [-0.05, 0) is 83.4 Å². The maximum absolute atomic E-state index is 6.31. The zero-order valence-corrected chi connectivity index (χ0v) is 22.5. The van der Waals surface area contributed by atoms with Crippen molar-refractivity contribution >= 4 is 51.4 Å². The van der Waals surface area contributed by atoms with Gasteiger partial charge in [-0.25, -0.2) is 15.0 Å². The Hall–Kier alpha value is -2.19. The van der Waals surface area contributed by atoms with Crippen LogP contribution in [0.3, 0.4) is 0 Å². The van der Waals surface area contributed by atoms with Crippen LogP contribution in [0, 0.1) is 6.92 Å². The average Bonchev–Trinajstić information content (AvgIpc) is 3.60. The van der Waals surface area contributed by atoms with Crippen molar-refractivity contribution in [1.29, 1.82) is 0 Å². The molecule has 35 heavy (non-hydrogen) atoms. The third-order valence-corrected chi connectivity index (χ3v) is 8.19. The molecule has 1 aliphatic heterocycles. The van der Waals surface area contributed by atoms with Crippen molar-refractivity contribution < 1.29 is 0 Å². The van der Waals surface area contributed by atoms with Gasteiger partial charge < -0.3 is 14.8 Å². The number of halogens is 2. The number of hydrogen-bond acceptors (Lipinski definition) is 6. The lowest BCUT2D eigenvalue weighted by atomic mass is 10.2. The topological polar surface area (TPSA) is 58.9 Å². The van der Waals surface area contributed by atoms with Crippen LogP contribution in [0.4, 0.5) is 5.82 Å². The standard InChI is InChI=1S/C26H30Cl2N6S/c1-3-34-22(16-30-26(34)23-9-8-17(2)35-23)24-25(29-10-4-5-11-33-12-6-7-13-33)32-21-15-19(28)18(27)14-20(21)31-24/h8-9,14-16H,3-7,10-13H2,1-2H3,(H,29,32). The van der Waals surface area contributed by atoms with Crippen molar-refractivity contribution in [3.8, 4) is 22.1 Å². The van der Waals surface area contributed by atoms with Crippen molar-refractivity contribution in [1.82, 2.24) is 24.4 Å². The van der Waals surface area contributed by atoms with E-state index in [0.29, 0.717) is 15.6 Å². The fraction of sp³-hybridized carbons (Fsp3) is 0.423. The van der Waals surface area contributed by atoms with Crippen molar-refractivity contribution in [2.24, 2.45) is 0 Å². The van der Waals surface area contributed by atoms with Crippen molar-refractivity contribution in [3.63, 3.8) is 0 Å². The molecule has 184 valence electrons. The molecule has 0 unspecified atom stereocenters. The second-order valence-electron chi connectivity index (χ2n) is 8.98. The number of aromatic nitrogens is 4. The molecule has 1 aromatic carbocycles. The first-order valence-corrected chi connectivity index (χ1v) is 13.9. The molecule has 1 fully saturated rings. The van der Waals surface area contributed by atoms with E-state index in [9.17, 15) is 0 Å². The van der Waals surface area contributed by atoms with Crippen LogP contribution in [0.5, 0.6) is 0 Å². The molecule has 0 aliphatic carbocycles. The molecular formula is C26H30Cl2N6S. The minimum atomic E-state index is 0.473. The van der Waals surface area contributed by atoms with Crippen LogP contribution in [0.15, 0.2) is 30.5 Å². The summed E-state index contributed by atoms with van der Waals surface area (Å²) in [6, 6.07) is 7.83. The zero-order chi connectivity index (χ0) is 24.4. The number of hydrogen-bond donors (Lipinski definition) is 1. The van der Waals surface area contributed by atoms with Gasteiger partial charge in [-0.15, -0.1) is 11.3 Å². The third kappa shape index (κ3) is 5.33. The van der Waals surface area contributed by atoms with Gasteiger partial charge in [0.2, 0.25) is 0 Å². The van der Waals surface area contributed by atoms with Crippen molar-refractivity contribution in [2.45, 2.75) is 46.1 Å². The summed E-state index contributed by atoms with van der Waals surface area (Å²) in [6.07, 6.45) is 6.81. The molecule has 0 amide bonds. The number of rotatable bonds is 9. The first-order valence-electron chi connectivity index (χ1n) is 12.3. The second kappa shape index (κ2) is 10.8. The van der Waals surface area contributed by atoms with E-state index in [0.717, 1.165) is 59.5 Å². The van der Waals surface area contributed by atoms with Crippen LogP contribution in [0.1, 0.15) is 37.5 Å². The van der Waals surface area contributed by atoms with E-state index >= 15 is 0 Å². The number of aryl methyl sites for hydroxylation is 1. The molecule has 0 atom stereocenters. The lowest BCUT2D eigenvalue weighted by Gasteiger charge is -2.16. The van der Waals surface area contributed by atoms with E-state index in [1.807, 2.05) is 6.20 Å². The Morgan fingerprint density at radius 3 is 2.46 bits per heavy atom. The molecule has 1 saturated heterocycles. The van der Waals surface area contributed by atoms with E-state index in [2.05, 4.69) is 40.8 Å². The number of likely N-dealkylation sites (tertiary alicyclic amines) is 1. The van der Waals surface area contributed by atoms with E-state index in [1.165, 1.54) is 37.2 Å². The summed E-state index contributed by atoms with van der Waals surface area (Å²) in [6.45, 7) is 9.50. The fourth-order valence-electron chi connectivity index (χ4n) is 4.66. The minimum Gasteiger partial charge on any atom is -0.368 e. The largest absolute Gasteiger partial charge is 0.368 e. The third-order valence-electron chi connectivity index (χ3n) is 6.47. The van der Waals surface area contributed by atoms with Crippen molar-refractivity contribution in [3.05, 3.63) is 45.4 Å². The van der Waals surface area contributed by atoms with Gasteiger partial charge in [0.05, 0.1) is 37.8 Å². The average molecular weight is 530 g/mol. The fourth-order valence-corrected chi connectivity index (χ4v) is 5.85. The lowest BCUT2D eigenvalue weighted by Crippen LogP contribution is -2.21. The van der Waals surface area contributed by atoms with E-state index in [4.69, 9.17) is 38.2 Å². The molecule has 9 heteroatoms. The first-order chi connectivity index (χ1) is 17.0. The molecular weight excluding hydrogens is 499 g/mol. The van der Waals surface area contributed by atoms with Crippen LogP contribution in [0.2, 0.25) is 10.0 Å². The molecule has 4 aromatic rings. The zero-order valence-electron chi connectivity index (χ0n) is 20.2. The first kappa shape index (κ1) is 24.5. The summed E-state index contributed by atoms with van der Waals surface area (Å²) in [7, 11) is 0. The number of benzene rings is 1. The molecule has 5 rings (SSSR count). The molecule has 4 heterocycles. The highest BCUT2D eigenvalue weighted by molar-refractivity contribution is 7.15. The summed E-state index contributed by atoms with van der Waals surface area (Å²) >= 11 is 14.3. The summed E-state index contributed by atoms with van der Waals surface area (Å²) in [4.78, 5) is 19.7. The van der Waals surface area contributed by atoms with Crippen LogP contribution in [-0.2, 0) is 6.54 Å². The smallest absolute Gasteiger partial charge is 0.154 e. The Morgan fingerprint density at radius 1 is 1.03 bits per heavy atom. The van der Waals surface area contributed by atoms with E-state index in [1.54, 1.807) is 23.5 Å². The number of nitrogens with one attached hydrogen (secondary N) is 1.